The molecule has 3 atom stereocenters. The van der Waals surface area contributed by atoms with Crippen LogP contribution in [-0.4, -0.2) is 26.8 Å². The molecular weight excluding hydrogens is 361 g/mol. The summed E-state index contributed by atoms with van der Waals surface area (Å²) in [5.41, 5.74) is 1.80. The number of halogens is 1. The molecular formula is C21H18FN3OS. The second-order valence-corrected chi connectivity index (χ2v) is 8.25. The van der Waals surface area contributed by atoms with Gasteiger partial charge in [-0.3, -0.25) is 4.98 Å². The molecule has 5 rings (SSSR count). The van der Waals surface area contributed by atoms with E-state index >= 15 is 0 Å². The fraction of sp³-hybridized carbons (Fsp3) is 0.238. The van der Waals surface area contributed by atoms with Crippen molar-refractivity contribution in [3.8, 4) is 11.3 Å². The number of aromatic nitrogens is 1. The highest BCUT2D eigenvalue weighted by molar-refractivity contribution is 8.14. The molecule has 4 heterocycles. The number of thioether (sulfide) groups is 1. The third-order valence-corrected chi connectivity index (χ3v) is 6.03. The predicted molar refractivity (Wildman–Crippen MR) is 105 cm³/mol. The van der Waals surface area contributed by atoms with Crippen LogP contribution in [0.2, 0.25) is 0 Å². The lowest BCUT2D eigenvalue weighted by molar-refractivity contribution is 0.277. The van der Waals surface area contributed by atoms with Crippen LogP contribution in [0.3, 0.4) is 0 Å². The van der Waals surface area contributed by atoms with Gasteiger partial charge in [-0.25, -0.2) is 9.38 Å². The van der Waals surface area contributed by atoms with E-state index < -0.39 is 0 Å². The highest BCUT2D eigenvalue weighted by Gasteiger charge is 2.45. The zero-order valence-electron chi connectivity index (χ0n) is 14.7. The van der Waals surface area contributed by atoms with Gasteiger partial charge in [0.15, 0.2) is 5.17 Å². The second-order valence-electron chi connectivity index (χ2n) is 6.85. The fourth-order valence-corrected chi connectivity index (χ4v) is 4.80. The molecule has 2 aliphatic heterocycles. The van der Waals surface area contributed by atoms with Crippen LogP contribution in [-0.2, 0) is 0 Å². The number of benzene rings is 1. The van der Waals surface area contributed by atoms with E-state index in [1.54, 1.807) is 30.1 Å². The summed E-state index contributed by atoms with van der Waals surface area (Å²) in [5.74, 6) is 1.34. The van der Waals surface area contributed by atoms with Crippen LogP contribution in [0.1, 0.15) is 30.5 Å². The Morgan fingerprint density at radius 2 is 1.96 bits per heavy atom. The van der Waals surface area contributed by atoms with E-state index in [9.17, 15) is 4.39 Å². The van der Waals surface area contributed by atoms with Crippen molar-refractivity contribution in [2.45, 2.75) is 24.3 Å². The maximum absolute atomic E-state index is 13.2. The quantitative estimate of drug-likeness (QED) is 0.637. The minimum Gasteiger partial charge on any atom is -0.459 e. The number of rotatable bonds is 3. The molecule has 1 saturated heterocycles. The van der Waals surface area contributed by atoms with Crippen molar-refractivity contribution in [3.05, 3.63) is 78.1 Å². The van der Waals surface area contributed by atoms with Gasteiger partial charge in [-0.2, -0.15) is 0 Å². The lowest BCUT2D eigenvalue weighted by Crippen LogP contribution is -2.28. The zero-order valence-corrected chi connectivity index (χ0v) is 15.6. The molecule has 6 heteroatoms. The first kappa shape index (κ1) is 16.6. The lowest BCUT2D eigenvalue weighted by Gasteiger charge is -2.25. The number of amidine groups is 1. The van der Waals surface area contributed by atoms with E-state index in [0.717, 1.165) is 34.5 Å². The van der Waals surface area contributed by atoms with E-state index in [2.05, 4.69) is 16.8 Å². The van der Waals surface area contributed by atoms with Crippen molar-refractivity contribution in [1.82, 2.24) is 9.88 Å². The van der Waals surface area contributed by atoms with Gasteiger partial charge in [0, 0.05) is 23.6 Å². The van der Waals surface area contributed by atoms with Gasteiger partial charge in [-0.15, -0.1) is 0 Å². The van der Waals surface area contributed by atoms with Gasteiger partial charge in [-0.1, -0.05) is 24.8 Å². The van der Waals surface area contributed by atoms with E-state index in [1.807, 2.05) is 30.3 Å². The second kappa shape index (κ2) is 6.53. The minimum absolute atomic E-state index is 0.0125. The first-order valence-electron chi connectivity index (χ1n) is 8.97. The van der Waals surface area contributed by atoms with E-state index in [1.165, 1.54) is 12.1 Å². The maximum Gasteiger partial charge on any atom is 0.161 e. The standard InChI is InChI=1S/C21H18FN3OS/c1-13-12-25-20(19(24-21(25)27-13)16-4-2-3-11-23-16)18-10-9-17(26-18)14-5-7-15(22)8-6-14/h2-11,13,19-20H,12H2,1H3/t13-,19-,20-/m1/s1. The summed E-state index contributed by atoms with van der Waals surface area (Å²) < 4.78 is 19.4. The van der Waals surface area contributed by atoms with Gasteiger partial charge in [-0.05, 0) is 48.5 Å². The molecule has 0 N–H and O–H groups in total. The summed E-state index contributed by atoms with van der Waals surface area (Å²) >= 11 is 1.80. The fourth-order valence-electron chi connectivity index (χ4n) is 3.71. The molecule has 136 valence electrons. The molecule has 4 nitrogen and oxygen atoms in total. The highest BCUT2D eigenvalue weighted by atomic mass is 32.2. The monoisotopic (exact) mass is 379 g/mol. The number of hydrogen-bond acceptors (Lipinski definition) is 5. The lowest BCUT2D eigenvalue weighted by atomic mass is 10.0. The summed E-state index contributed by atoms with van der Waals surface area (Å²) in [4.78, 5) is 11.8. The summed E-state index contributed by atoms with van der Waals surface area (Å²) in [6.45, 7) is 3.15. The predicted octanol–water partition coefficient (Wildman–Crippen LogP) is 5.07. The Morgan fingerprint density at radius 3 is 2.74 bits per heavy atom. The summed E-state index contributed by atoms with van der Waals surface area (Å²) in [6.07, 6.45) is 1.80. The van der Waals surface area contributed by atoms with Crippen LogP contribution in [0, 0.1) is 5.82 Å². The van der Waals surface area contributed by atoms with Crippen LogP contribution < -0.4 is 0 Å². The van der Waals surface area contributed by atoms with Crippen molar-refractivity contribution in [2.75, 3.05) is 6.54 Å². The number of nitrogens with zero attached hydrogens (tertiary/aromatic N) is 3. The molecule has 0 bridgehead atoms. The van der Waals surface area contributed by atoms with Crippen LogP contribution in [0.4, 0.5) is 4.39 Å². The Labute approximate surface area is 161 Å². The molecule has 0 radical (unpaired) electrons. The van der Waals surface area contributed by atoms with Crippen molar-refractivity contribution in [1.29, 1.82) is 0 Å². The first-order chi connectivity index (χ1) is 13.2. The Balaban J connectivity index is 1.53. The molecule has 1 fully saturated rings. The van der Waals surface area contributed by atoms with Crippen molar-refractivity contribution >= 4 is 16.9 Å². The first-order valence-corrected chi connectivity index (χ1v) is 9.85. The third-order valence-electron chi connectivity index (χ3n) is 4.93. The molecule has 3 aromatic rings. The Kier molecular flexibility index (Phi) is 4.01. The smallest absolute Gasteiger partial charge is 0.161 e. The Morgan fingerprint density at radius 1 is 1.11 bits per heavy atom. The molecule has 0 spiro atoms. The molecule has 0 aliphatic carbocycles. The largest absolute Gasteiger partial charge is 0.459 e. The molecule has 2 aromatic heterocycles. The van der Waals surface area contributed by atoms with Crippen molar-refractivity contribution < 1.29 is 8.81 Å². The summed E-state index contributed by atoms with van der Waals surface area (Å²) in [5, 5.41) is 1.56. The SMILES string of the molecule is C[C@@H]1CN2C(=N[C@H](c3ccccn3)[C@H]2c2ccc(-c3ccc(F)cc3)o2)S1. The Hall–Kier alpha value is -2.60. The number of pyridine rings is 1. The number of hydrogen-bond donors (Lipinski definition) is 0. The highest BCUT2D eigenvalue weighted by Crippen LogP contribution is 2.48. The van der Waals surface area contributed by atoms with Crippen molar-refractivity contribution in [3.63, 3.8) is 0 Å². The average Bonchev–Trinajstić information content (AvgIpc) is 3.37. The van der Waals surface area contributed by atoms with Gasteiger partial charge < -0.3 is 9.32 Å². The minimum atomic E-state index is -0.252. The Bertz CT molecular complexity index is 986. The van der Waals surface area contributed by atoms with Crippen LogP contribution in [0.25, 0.3) is 11.3 Å². The van der Waals surface area contributed by atoms with Gasteiger partial charge >= 0.3 is 0 Å². The summed E-state index contributed by atoms with van der Waals surface area (Å²) in [7, 11) is 0. The van der Waals surface area contributed by atoms with Gasteiger partial charge in [0.2, 0.25) is 0 Å². The zero-order chi connectivity index (χ0) is 18.4. The summed E-state index contributed by atoms with van der Waals surface area (Å²) in [6, 6.07) is 16.1. The molecule has 27 heavy (non-hydrogen) atoms. The van der Waals surface area contributed by atoms with E-state index in [-0.39, 0.29) is 17.9 Å². The molecule has 1 aromatic carbocycles. The normalized spacial score (nSPS) is 24.1. The van der Waals surface area contributed by atoms with Crippen LogP contribution in [0.5, 0.6) is 0 Å². The number of furan rings is 1. The molecule has 0 saturated carbocycles. The van der Waals surface area contributed by atoms with Gasteiger partial charge in [0.1, 0.15) is 29.4 Å². The third kappa shape index (κ3) is 2.94. The molecule has 2 aliphatic rings. The maximum atomic E-state index is 13.2. The number of aliphatic imine (C=N–C) groups is 1. The van der Waals surface area contributed by atoms with E-state index in [0.29, 0.717) is 5.25 Å². The average molecular weight is 379 g/mol. The topological polar surface area (TPSA) is 41.6 Å². The van der Waals surface area contributed by atoms with Crippen LogP contribution >= 0.6 is 11.8 Å². The van der Waals surface area contributed by atoms with Gasteiger partial charge in [0.25, 0.3) is 0 Å². The molecule has 0 unspecified atom stereocenters. The van der Waals surface area contributed by atoms with Gasteiger partial charge in [0.05, 0.1) is 5.69 Å². The molecule has 0 amide bonds. The number of fused-ring (bicyclic) bond motifs is 1. The van der Waals surface area contributed by atoms with E-state index in [4.69, 9.17) is 9.41 Å². The van der Waals surface area contributed by atoms with Crippen LogP contribution in [0.15, 0.2) is 70.2 Å². The van der Waals surface area contributed by atoms with Crippen molar-refractivity contribution in [2.24, 2.45) is 4.99 Å².